The first kappa shape index (κ1) is 22.5. The molecule has 0 spiro atoms. The number of carbonyl (C=O) groups excluding carboxylic acids is 1. The number of hydrogen-bond acceptors (Lipinski definition) is 6. The first-order valence-corrected chi connectivity index (χ1v) is 11.1. The van der Waals surface area contributed by atoms with Gasteiger partial charge in [-0.1, -0.05) is 18.2 Å². The molecule has 9 heteroatoms. The largest absolute Gasteiger partial charge is 0.493 e. The van der Waals surface area contributed by atoms with Gasteiger partial charge >= 0.3 is 0 Å². The third kappa shape index (κ3) is 4.88. The summed E-state index contributed by atoms with van der Waals surface area (Å²) in [5.41, 5.74) is 1.50. The van der Waals surface area contributed by atoms with Crippen molar-refractivity contribution in [3.8, 4) is 27.9 Å². The summed E-state index contributed by atoms with van der Waals surface area (Å²) in [6, 6.07) is 15.5. The number of thiophene rings is 1. The highest BCUT2D eigenvalue weighted by Crippen LogP contribution is 2.28. The normalized spacial score (nSPS) is 10.8. The summed E-state index contributed by atoms with van der Waals surface area (Å²) in [5.74, 6) is 1.13. The first-order valence-electron chi connectivity index (χ1n) is 10.2. The number of hydrogen-bond donors (Lipinski definition) is 0. The van der Waals surface area contributed by atoms with Gasteiger partial charge in [-0.05, 0) is 53.8 Å². The van der Waals surface area contributed by atoms with Crippen LogP contribution in [0.3, 0.4) is 0 Å². The molecule has 0 aliphatic rings. The molecule has 0 bridgehead atoms. The van der Waals surface area contributed by atoms with Crippen LogP contribution in [0.4, 0.5) is 4.39 Å². The molecule has 0 radical (unpaired) electrons. The van der Waals surface area contributed by atoms with E-state index in [1.54, 1.807) is 38.3 Å². The van der Waals surface area contributed by atoms with Crippen molar-refractivity contribution in [2.45, 2.75) is 6.42 Å². The second-order valence-electron chi connectivity index (χ2n) is 7.29. The molecule has 170 valence electrons. The molecule has 4 aromatic rings. The van der Waals surface area contributed by atoms with Crippen LogP contribution < -0.4 is 9.47 Å². The number of aromatic nitrogens is 3. The predicted octanol–water partition coefficient (Wildman–Crippen LogP) is 4.47. The van der Waals surface area contributed by atoms with E-state index >= 15 is 0 Å². The van der Waals surface area contributed by atoms with Gasteiger partial charge in [0, 0.05) is 13.6 Å². The van der Waals surface area contributed by atoms with E-state index in [1.165, 1.54) is 28.2 Å². The monoisotopic (exact) mass is 466 g/mol. The van der Waals surface area contributed by atoms with E-state index in [9.17, 15) is 9.18 Å². The van der Waals surface area contributed by atoms with Crippen molar-refractivity contribution in [1.29, 1.82) is 0 Å². The first-order chi connectivity index (χ1) is 16.0. The minimum atomic E-state index is -0.389. The van der Waals surface area contributed by atoms with Crippen LogP contribution in [0, 0.1) is 5.82 Å². The summed E-state index contributed by atoms with van der Waals surface area (Å²) in [6.07, 6.45) is 0.616. The van der Waals surface area contributed by atoms with Crippen molar-refractivity contribution >= 4 is 17.2 Å². The molecule has 1 amide bonds. The van der Waals surface area contributed by atoms with Crippen LogP contribution in [0.5, 0.6) is 11.5 Å². The highest BCUT2D eigenvalue weighted by Gasteiger charge is 2.22. The lowest BCUT2D eigenvalue weighted by Crippen LogP contribution is -2.29. The van der Waals surface area contributed by atoms with Gasteiger partial charge in [-0.25, -0.2) is 14.1 Å². The minimum absolute atomic E-state index is 0.0532. The summed E-state index contributed by atoms with van der Waals surface area (Å²) < 4.78 is 26.0. The Morgan fingerprint density at radius 1 is 1.09 bits per heavy atom. The van der Waals surface area contributed by atoms with Crippen molar-refractivity contribution in [2.75, 3.05) is 27.8 Å². The van der Waals surface area contributed by atoms with E-state index in [0.717, 1.165) is 10.4 Å². The third-order valence-corrected chi connectivity index (χ3v) is 5.99. The second-order valence-corrected chi connectivity index (χ2v) is 8.24. The van der Waals surface area contributed by atoms with Crippen LogP contribution in [0.2, 0.25) is 0 Å². The highest BCUT2D eigenvalue weighted by atomic mass is 32.1. The van der Waals surface area contributed by atoms with Crippen LogP contribution in [-0.2, 0) is 6.42 Å². The molecular formula is C24H23FN4O3S. The molecule has 33 heavy (non-hydrogen) atoms. The Kier molecular flexibility index (Phi) is 6.69. The highest BCUT2D eigenvalue weighted by molar-refractivity contribution is 7.13. The number of methoxy groups -OCH3 is 2. The number of benzene rings is 2. The molecule has 0 N–H and O–H groups in total. The Labute approximate surface area is 195 Å². The van der Waals surface area contributed by atoms with Gasteiger partial charge in [-0.15, -0.1) is 16.4 Å². The number of likely N-dealkylation sites (N-methyl/N-ethyl adjacent to an activating group) is 1. The van der Waals surface area contributed by atoms with Gasteiger partial charge in [0.2, 0.25) is 5.82 Å². The van der Waals surface area contributed by atoms with E-state index in [1.807, 2.05) is 35.7 Å². The van der Waals surface area contributed by atoms with Gasteiger partial charge in [0.25, 0.3) is 5.91 Å². The number of rotatable bonds is 8. The van der Waals surface area contributed by atoms with Gasteiger partial charge in [-0.3, -0.25) is 4.79 Å². The molecule has 2 aromatic heterocycles. The van der Waals surface area contributed by atoms with Gasteiger partial charge in [-0.2, -0.15) is 0 Å². The third-order valence-electron chi connectivity index (χ3n) is 5.12. The Morgan fingerprint density at radius 2 is 1.91 bits per heavy atom. The van der Waals surface area contributed by atoms with Crippen LogP contribution in [-0.4, -0.2) is 53.4 Å². The lowest BCUT2D eigenvalue weighted by Gasteiger charge is -2.16. The minimum Gasteiger partial charge on any atom is -0.493 e. The molecule has 7 nitrogen and oxygen atoms in total. The molecule has 0 atom stereocenters. The average molecular weight is 467 g/mol. The number of carbonyl (C=O) groups is 1. The molecule has 0 saturated heterocycles. The molecule has 0 aliphatic heterocycles. The molecule has 2 heterocycles. The van der Waals surface area contributed by atoms with E-state index in [0.29, 0.717) is 36.0 Å². The Bertz CT molecular complexity index is 1260. The topological polar surface area (TPSA) is 69.5 Å². The van der Waals surface area contributed by atoms with Crippen LogP contribution in [0.1, 0.15) is 16.2 Å². The SMILES string of the molecule is COc1ccc(CCN(C)C(=O)c2nc(-c3cccs3)n(-c3cccc(F)c3)n2)cc1OC. The van der Waals surface area contributed by atoms with Crippen LogP contribution in [0.25, 0.3) is 16.4 Å². The molecule has 0 saturated carbocycles. The van der Waals surface area contributed by atoms with Crippen molar-refractivity contribution in [3.05, 3.63) is 77.2 Å². The van der Waals surface area contributed by atoms with E-state index in [2.05, 4.69) is 10.1 Å². The fourth-order valence-corrected chi connectivity index (χ4v) is 4.06. The van der Waals surface area contributed by atoms with Crippen LogP contribution in [0.15, 0.2) is 60.0 Å². The zero-order chi connectivity index (χ0) is 23.4. The zero-order valence-corrected chi connectivity index (χ0v) is 19.3. The van der Waals surface area contributed by atoms with Gasteiger partial charge < -0.3 is 14.4 Å². The maximum atomic E-state index is 13.8. The fourth-order valence-electron chi connectivity index (χ4n) is 3.36. The smallest absolute Gasteiger partial charge is 0.293 e. The summed E-state index contributed by atoms with van der Waals surface area (Å²) in [7, 11) is 4.88. The summed E-state index contributed by atoms with van der Waals surface area (Å²) >= 11 is 1.47. The Hall–Kier alpha value is -3.72. The van der Waals surface area contributed by atoms with E-state index in [-0.39, 0.29) is 17.5 Å². The fraction of sp³-hybridized carbons (Fsp3) is 0.208. The summed E-state index contributed by atoms with van der Waals surface area (Å²) in [4.78, 5) is 20.0. The number of halogens is 1. The number of amides is 1. The van der Waals surface area contributed by atoms with Crippen molar-refractivity contribution in [2.24, 2.45) is 0 Å². The molecular weight excluding hydrogens is 443 g/mol. The molecule has 2 aromatic carbocycles. The van der Waals surface area contributed by atoms with Gasteiger partial charge in [0.1, 0.15) is 5.82 Å². The molecule has 4 rings (SSSR count). The molecule has 0 aliphatic carbocycles. The zero-order valence-electron chi connectivity index (χ0n) is 18.5. The number of nitrogens with zero attached hydrogens (tertiary/aromatic N) is 4. The molecule has 0 unspecified atom stereocenters. The molecule has 0 fully saturated rings. The van der Waals surface area contributed by atoms with Crippen LogP contribution >= 0.6 is 11.3 Å². The van der Waals surface area contributed by atoms with E-state index < -0.39 is 0 Å². The van der Waals surface area contributed by atoms with Gasteiger partial charge in [0.05, 0.1) is 24.8 Å². The summed E-state index contributed by atoms with van der Waals surface area (Å²) in [6.45, 7) is 0.456. The quantitative estimate of drug-likeness (QED) is 0.383. The maximum Gasteiger partial charge on any atom is 0.293 e. The average Bonchev–Trinajstić information content (AvgIpc) is 3.52. The van der Waals surface area contributed by atoms with Crippen molar-refractivity contribution in [1.82, 2.24) is 19.7 Å². The lowest BCUT2D eigenvalue weighted by atomic mass is 10.1. The summed E-state index contributed by atoms with van der Waals surface area (Å²) in [5, 5.41) is 6.33. The maximum absolute atomic E-state index is 13.8. The van der Waals surface area contributed by atoms with Gasteiger partial charge in [0.15, 0.2) is 17.3 Å². The predicted molar refractivity (Wildman–Crippen MR) is 125 cm³/mol. The number of ether oxygens (including phenoxy) is 2. The van der Waals surface area contributed by atoms with E-state index in [4.69, 9.17) is 9.47 Å². The Morgan fingerprint density at radius 3 is 2.61 bits per heavy atom. The van der Waals surface area contributed by atoms with Crippen molar-refractivity contribution in [3.63, 3.8) is 0 Å². The Balaban J connectivity index is 1.56. The standard InChI is InChI=1S/C24H23FN4O3S/c1-28(12-11-16-9-10-19(31-2)20(14-16)32-3)24(30)22-26-23(21-8-5-13-33-21)29(27-22)18-7-4-6-17(25)15-18/h4-10,13-15H,11-12H2,1-3H3. The van der Waals surface area contributed by atoms with Crippen molar-refractivity contribution < 1.29 is 18.7 Å². The lowest BCUT2D eigenvalue weighted by molar-refractivity contribution is 0.0784. The second kappa shape index (κ2) is 9.83.